The summed E-state index contributed by atoms with van der Waals surface area (Å²) < 4.78 is 15.8. The Morgan fingerprint density at radius 2 is 1.31 bits per heavy atom. The van der Waals surface area contributed by atoms with E-state index in [1.54, 1.807) is 0 Å². The van der Waals surface area contributed by atoms with Gasteiger partial charge < -0.3 is 36.3 Å². The Morgan fingerprint density at radius 1 is 0.862 bits per heavy atom. The predicted molar refractivity (Wildman–Crippen MR) is 119 cm³/mol. The lowest BCUT2D eigenvalue weighted by Gasteiger charge is -2.29. The van der Waals surface area contributed by atoms with E-state index in [1.165, 1.54) is 0 Å². The molecule has 0 aromatic rings. The van der Waals surface area contributed by atoms with Crippen LogP contribution in [0.2, 0.25) is 0 Å². The molecule has 0 aliphatic rings. The van der Waals surface area contributed by atoms with Crippen molar-refractivity contribution in [1.82, 2.24) is 10.6 Å². The summed E-state index contributed by atoms with van der Waals surface area (Å²) >= 11 is 0. The predicted octanol–water partition coefficient (Wildman–Crippen LogP) is 2.34. The normalized spacial score (nSPS) is 10.3. The molecule has 0 unspecified atom stereocenters. The number of halogens is 2. The van der Waals surface area contributed by atoms with E-state index in [2.05, 4.69) is 10.6 Å². The number of rotatable bonds is 16. The lowest BCUT2D eigenvalue weighted by molar-refractivity contribution is 0.0550. The highest BCUT2D eigenvalue weighted by Crippen LogP contribution is 2.14. The first kappa shape index (κ1) is 32.7. The second-order valence-corrected chi connectivity index (χ2v) is 6.54. The number of ether oxygens (including phenoxy) is 3. The first-order valence-electron chi connectivity index (χ1n) is 9.85. The Hall–Kier alpha value is -1.00. The topological polar surface area (TPSA) is 138 Å². The van der Waals surface area contributed by atoms with Gasteiger partial charge in [0.25, 0.3) is 0 Å². The zero-order chi connectivity index (χ0) is 20.4. The standard InChI is InChI=1S/C18H38N4O5.2ClH/c1-3-5-10-21-16(23)26-12-7-18(20,15-25-14-9-19)8-13-27-17(24)22-11-6-4-2;;/h3-15,19-20H2,1-2H3,(H,21,23)(H,22,24);2*1H. The molecular weight excluding hydrogens is 423 g/mol. The number of alkyl carbamates (subject to hydrolysis) is 2. The van der Waals surface area contributed by atoms with Gasteiger partial charge in [-0.2, -0.15) is 0 Å². The van der Waals surface area contributed by atoms with Crippen molar-refractivity contribution in [2.75, 3.05) is 46.1 Å². The number of carbonyl (C=O) groups is 2. The number of hydrogen-bond acceptors (Lipinski definition) is 7. The molecule has 29 heavy (non-hydrogen) atoms. The van der Waals surface area contributed by atoms with E-state index in [0.29, 0.717) is 39.1 Å². The maximum atomic E-state index is 11.6. The Balaban J connectivity index is -0.00000338. The molecule has 0 saturated heterocycles. The average Bonchev–Trinajstić information content (AvgIpc) is 2.62. The van der Waals surface area contributed by atoms with Crippen molar-refractivity contribution in [2.45, 2.75) is 57.9 Å². The maximum absolute atomic E-state index is 11.6. The third-order valence-corrected chi connectivity index (χ3v) is 3.92. The van der Waals surface area contributed by atoms with Gasteiger partial charge in [0.1, 0.15) is 0 Å². The highest BCUT2D eigenvalue weighted by molar-refractivity contribution is 5.85. The molecule has 0 bridgehead atoms. The molecule has 0 fully saturated rings. The van der Waals surface area contributed by atoms with Crippen molar-refractivity contribution in [3.8, 4) is 0 Å². The van der Waals surface area contributed by atoms with Crippen LogP contribution in [0.3, 0.4) is 0 Å². The Kier molecular flexibility index (Phi) is 24.4. The van der Waals surface area contributed by atoms with Gasteiger partial charge in [-0.25, -0.2) is 9.59 Å². The molecule has 0 saturated carbocycles. The van der Waals surface area contributed by atoms with E-state index < -0.39 is 17.7 Å². The second kappa shape index (κ2) is 21.7. The van der Waals surface area contributed by atoms with E-state index in [1.807, 2.05) is 13.8 Å². The molecule has 0 aromatic heterocycles. The number of carbonyl (C=O) groups excluding carboxylic acids is 2. The first-order chi connectivity index (χ1) is 13.0. The zero-order valence-corrected chi connectivity index (χ0v) is 19.3. The fourth-order valence-electron chi connectivity index (χ4n) is 2.16. The van der Waals surface area contributed by atoms with Crippen LogP contribution in [0.5, 0.6) is 0 Å². The van der Waals surface area contributed by atoms with Crippen LogP contribution >= 0.6 is 24.8 Å². The Labute approximate surface area is 187 Å². The molecule has 11 heteroatoms. The van der Waals surface area contributed by atoms with Gasteiger partial charge in [-0.1, -0.05) is 26.7 Å². The minimum Gasteiger partial charge on any atom is -0.449 e. The third-order valence-electron chi connectivity index (χ3n) is 3.92. The molecule has 6 N–H and O–H groups in total. The van der Waals surface area contributed by atoms with Gasteiger partial charge in [0.15, 0.2) is 0 Å². The molecule has 9 nitrogen and oxygen atoms in total. The summed E-state index contributed by atoms with van der Waals surface area (Å²) in [7, 11) is 0. The third kappa shape index (κ3) is 20.1. The van der Waals surface area contributed by atoms with Crippen molar-refractivity contribution >= 4 is 37.0 Å². The van der Waals surface area contributed by atoms with Crippen LogP contribution in [0, 0.1) is 0 Å². The largest absolute Gasteiger partial charge is 0.449 e. The molecule has 0 radical (unpaired) electrons. The number of unbranched alkanes of at least 4 members (excludes halogenated alkanes) is 2. The van der Waals surface area contributed by atoms with E-state index in [9.17, 15) is 9.59 Å². The van der Waals surface area contributed by atoms with Crippen molar-refractivity contribution in [2.24, 2.45) is 11.5 Å². The van der Waals surface area contributed by atoms with E-state index in [4.69, 9.17) is 25.7 Å². The molecule has 0 atom stereocenters. The van der Waals surface area contributed by atoms with Gasteiger partial charge in [-0.05, 0) is 12.8 Å². The number of nitrogens with two attached hydrogens (primary N) is 2. The Bertz CT molecular complexity index is 378. The van der Waals surface area contributed by atoms with Gasteiger partial charge in [-0.3, -0.25) is 0 Å². The average molecular weight is 463 g/mol. The van der Waals surface area contributed by atoms with Gasteiger partial charge >= 0.3 is 12.2 Å². The molecule has 0 rings (SSSR count). The minimum atomic E-state index is -0.775. The van der Waals surface area contributed by atoms with Crippen molar-refractivity contribution < 1.29 is 23.8 Å². The van der Waals surface area contributed by atoms with Crippen molar-refractivity contribution in [3.63, 3.8) is 0 Å². The van der Waals surface area contributed by atoms with Crippen LogP contribution < -0.4 is 22.1 Å². The summed E-state index contributed by atoms with van der Waals surface area (Å²) in [6.07, 6.45) is 3.66. The first-order valence-corrected chi connectivity index (χ1v) is 9.85. The minimum absolute atomic E-state index is 0. The molecule has 0 aromatic carbocycles. The SMILES string of the molecule is CCCCNC(=O)OCCC(N)(CCOC(=O)NCCCC)COCCN.Cl.Cl. The molecule has 0 aliphatic carbocycles. The summed E-state index contributed by atoms with van der Waals surface area (Å²) in [5.41, 5.74) is 11.0. The van der Waals surface area contributed by atoms with Crippen LogP contribution in [0.4, 0.5) is 9.59 Å². The molecule has 0 heterocycles. The molecule has 0 spiro atoms. The summed E-state index contributed by atoms with van der Waals surface area (Å²) in [5, 5.41) is 5.35. The molecule has 176 valence electrons. The summed E-state index contributed by atoms with van der Waals surface area (Å²) in [5.74, 6) is 0. The smallest absolute Gasteiger partial charge is 0.407 e. The molecule has 0 aliphatic heterocycles. The summed E-state index contributed by atoms with van der Waals surface area (Å²) in [6.45, 7) is 6.59. The van der Waals surface area contributed by atoms with Crippen LogP contribution in [-0.4, -0.2) is 63.8 Å². The number of nitrogens with one attached hydrogen (secondary N) is 2. The molecule has 2 amide bonds. The summed E-state index contributed by atoms with van der Waals surface area (Å²) in [4.78, 5) is 23.2. The maximum Gasteiger partial charge on any atom is 0.407 e. The monoisotopic (exact) mass is 462 g/mol. The van der Waals surface area contributed by atoms with Gasteiger partial charge in [-0.15, -0.1) is 24.8 Å². The zero-order valence-electron chi connectivity index (χ0n) is 17.7. The highest BCUT2D eigenvalue weighted by atomic mass is 35.5. The molecular formula is C18H40Cl2N4O5. The van der Waals surface area contributed by atoms with Crippen LogP contribution in [0.1, 0.15) is 52.4 Å². The Morgan fingerprint density at radius 3 is 1.69 bits per heavy atom. The van der Waals surface area contributed by atoms with Gasteiger partial charge in [0, 0.05) is 38.0 Å². The lowest BCUT2D eigenvalue weighted by atomic mass is 9.94. The van der Waals surface area contributed by atoms with Gasteiger partial charge in [0.05, 0.1) is 26.4 Å². The lowest BCUT2D eigenvalue weighted by Crippen LogP contribution is -2.47. The van der Waals surface area contributed by atoms with Gasteiger partial charge in [0.2, 0.25) is 0 Å². The van der Waals surface area contributed by atoms with E-state index in [0.717, 1.165) is 25.7 Å². The second-order valence-electron chi connectivity index (χ2n) is 6.54. The fourth-order valence-corrected chi connectivity index (χ4v) is 2.16. The van der Waals surface area contributed by atoms with Crippen molar-refractivity contribution in [1.29, 1.82) is 0 Å². The fraction of sp³-hybridized carbons (Fsp3) is 0.889. The van der Waals surface area contributed by atoms with Crippen LogP contribution in [0.15, 0.2) is 0 Å². The summed E-state index contributed by atoms with van der Waals surface area (Å²) in [6, 6.07) is 0. The van der Waals surface area contributed by atoms with Crippen LogP contribution in [0.25, 0.3) is 0 Å². The number of amides is 2. The quantitative estimate of drug-likeness (QED) is 0.258. The van der Waals surface area contributed by atoms with E-state index in [-0.39, 0.29) is 44.6 Å². The van der Waals surface area contributed by atoms with Crippen molar-refractivity contribution in [3.05, 3.63) is 0 Å². The number of hydrogen-bond donors (Lipinski definition) is 4. The highest BCUT2D eigenvalue weighted by Gasteiger charge is 2.26. The van der Waals surface area contributed by atoms with E-state index >= 15 is 0 Å². The van der Waals surface area contributed by atoms with Crippen LogP contribution in [-0.2, 0) is 14.2 Å².